The Bertz CT molecular complexity index is 514. The fourth-order valence-electron chi connectivity index (χ4n) is 1.30. The minimum Gasteiger partial charge on any atom is -0.465 e. The lowest BCUT2D eigenvalue weighted by Gasteiger charge is -2.07. The maximum absolute atomic E-state index is 11.9. The molecule has 0 saturated carbocycles. The molecule has 0 aliphatic heterocycles. The summed E-state index contributed by atoms with van der Waals surface area (Å²) in [6.45, 7) is 0.803. The van der Waals surface area contributed by atoms with Crippen molar-refractivity contribution in [3.63, 3.8) is 0 Å². The summed E-state index contributed by atoms with van der Waals surface area (Å²) in [6.07, 6.45) is 0. The van der Waals surface area contributed by atoms with Crippen LogP contribution in [0.3, 0.4) is 0 Å². The molecule has 0 fully saturated rings. The third-order valence-corrected chi connectivity index (χ3v) is 3.69. The normalized spacial score (nSPS) is 11.2. The molecule has 0 bridgehead atoms. The molecule has 1 aromatic carbocycles. The molecule has 0 aromatic heterocycles. The number of methoxy groups -OCH3 is 1. The Labute approximate surface area is 106 Å². The van der Waals surface area contributed by atoms with E-state index in [1.165, 1.54) is 31.4 Å². The number of hydrogen-bond donors (Lipinski definition) is 2. The number of benzene rings is 1. The molecule has 100 valence electrons. The standard InChI is InChI=1S/C11H16N2O4S/c1-12-6-7-13-18(15,16)10-5-3-4-9(8-10)11(14)17-2/h3-5,8,12-13H,6-7H2,1-2H3. The lowest BCUT2D eigenvalue weighted by atomic mass is 10.2. The molecular weight excluding hydrogens is 256 g/mol. The lowest BCUT2D eigenvalue weighted by molar-refractivity contribution is 0.0600. The van der Waals surface area contributed by atoms with Gasteiger partial charge in [0.25, 0.3) is 0 Å². The predicted molar refractivity (Wildman–Crippen MR) is 66.9 cm³/mol. The molecule has 6 nitrogen and oxygen atoms in total. The molecule has 1 rings (SSSR count). The number of sulfonamides is 1. The highest BCUT2D eigenvalue weighted by Crippen LogP contribution is 2.11. The monoisotopic (exact) mass is 272 g/mol. The summed E-state index contributed by atoms with van der Waals surface area (Å²) >= 11 is 0. The Morgan fingerprint density at radius 1 is 1.33 bits per heavy atom. The van der Waals surface area contributed by atoms with Crippen molar-refractivity contribution >= 4 is 16.0 Å². The van der Waals surface area contributed by atoms with Crippen molar-refractivity contribution in [2.24, 2.45) is 0 Å². The highest BCUT2D eigenvalue weighted by Gasteiger charge is 2.15. The van der Waals surface area contributed by atoms with Crippen molar-refractivity contribution < 1.29 is 17.9 Å². The highest BCUT2D eigenvalue weighted by atomic mass is 32.2. The van der Waals surface area contributed by atoms with Crippen molar-refractivity contribution in [1.29, 1.82) is 0 Å². The van der Waals surface area contributed by atoms with Gasteiger partial charge < -0.3 is 10.1 Å². The van der Waals surface area contributed by atoms with Gasteiger partial charge in [0.2, 0.25) is 10.0 Å². The molecule has 0 unspecified atom stereocenters. The maximum Gasteiger partial charge on any atom is 0.337 e. The van der Waals surface area contributed by atoms with E-state index in [1.807, 2.05) is 0 Å². The molecule has 0 atom stereocenters. The molecule has 1 aromatic rings. The van der Waals surface area contributed by atoms with E-state index in [1.54, 1.807) is 7.05 Å². The van der Waals surface area contributed by atoms with E-state index < -0.39 is 16.0 Å². The van der Waals surface area contributed by atoms with Gasteiger partial charge in [0.05, 0.1) is 17.6 Å². The first-order valence-corrected chi connectivity index (χ1v) is 6.82. The zero-order chi connectivity index (χ0) is 13.6. The van der Waals surface area contributed by atoms with Gasteiger partial charge in [-0.15, -0.1) is 0 Å². The Morgan fingerprint density at radius 3 is 2.67 bits per heavy atom. The summed E-state index contributed by atoms with van der Waals surface area (Å²) in [4.78, 5) is 11.3. The number of ether oxygens (including phenoxy) is 1. The van der Waals surface area contributed by atoms with Crippen LogP contribution >= 0.6 is 0 Å². The van der Waals surface area contributed by atoms with Crippen LogP contribution in [0.25, 0.3) is 0 Å². The van der Waals surface area contributed by atoms with E-state index in [4.69, 9.17) is 0 Å². The molecule has 7 heteroatoms. The molecular formula is C11H16N2O4S. The lowest BCUT2D eigenvalue weighted by Crippen LogP contribution is -2.30. The van der Waals surface area contributed by atoms with Gasteiger partial charge in [-0.2, -0.15) is 0 Å². The zero-order valence-corrected chi connectivity index (χ0v) is 11.1. The first-order chi connectivity index (χ1) is 8.51. The van der Waals surface area contributed by atoms with Crippen molar-refractivity contribution in [3.05, 3.63) is 29.8 Å². The molecule has 0 spiro atoms. The van der Waals surface area contributed by atoms with E-state index in [9.17, 15) is 13.2 Å². The molecule has 2 N–H and O–H groups in total. The third-order valence-electron chi connectivity index (χ3n) is 2.23. The topological polar surface area (TPSA) is 84.5 Å². The Kier molecular flexibility index (Phi) is 5.26. The van der Waals surface area contributed by atoms with E-state index in [0.717, 1.165) is 0 Å². The molecule has 0 aliphatic rings. The van der Waals surface area contributed by atoms with Crippen molar-refractivity contribution in [2.75, 3.05) is 27.2 Å². The molecule has 18 heavy (non-hydrogen) atoms. The van der Waals surface area contributed by atoms with Crippen LogP contribution in [0.4, 0.5) is 0 Å². The third kappa shape index (κ3) is 3.80. The molecule has 0 heterocycles. The SMILES string of the molecule is CNCCNS(=O)(=O)c1cccc(C(=O)OC)c1. The Balaban J connectivity index is 2.92. The number of nitrogens with one attached hydrogen (secondary N) is 2. The second-order valence-corrected chi connectivity index (χ2v) is 5.29. The van der Waals surface area contributed by atoms with Crippen LogP contribution in [0, 0.1) is 0 Å². The second kappa shape index (κ2) is 6.48. The number of hydrogen-bond acceptors (Lipinski definition) is 5. The van der Waals surface area contributed by atoms with Gasteiger partial charge in [0, 0.05) is 13.1 Å². The summed E-state index contributed by atoms with van der Waals surface area (Å²) in [5.41, 5.74) is 0.203. The van der Waals surface area contributed by atoms with Gasteiger partial charge in [0.1, 0.15) is 0 Å². The molecule has 0 amide bonds. The number of carbonyl (C=O) groups is 1. The number of esters is 1. The molecule has 0 aliphatic carbocycles. The van der Waals surface area contributed by atoms with E-state index in [-0.39, 0.29) is 17.0 Å². The van der Waals surface area contributed by atoms with Gasteiger partial charge in [-0.1, -0.05) is 6.07 Å². The molecule has 0 radical (unpaired) electrons. The minimum absolute atomic E-state index is 0.0431. The van der Waals surface area contributed by atoms with Crippen molar-refractivity contribution in [2.45, 2.75) is 4.90 Å². The maximum atomic E-state index is 11.9. The summed E-state index contributed by atoms with van der Waals surface area (Å²) < 4.78 is 30.7. The van der Waals surface area contributed by atoms with Crippen LogP contribution in [-0.4, -0.2) is 41.6 Å². The van der Waals surface area contributed by atoms with Gasteiger partial charge in [0.15, 0.2) is 0 Å². The van der Waals surface area contributed by atoms with Crippen molar-refractivity contribution in [3.8, 4) is 0 Å². The van der Waals surface area contributed by atoms with Gasteiger partial charge >= 0.3 is 5.97 Å². The first kappa shape index (κ1) is 14.6. The Hall–Kier alpha value is -1.44. The van der Waals surface area contributed by atoms with E-state index in [2.05, 4.69) is 14.8 Å². The van der Waals surface area contributed by atoms with Gasteiger partial charge in [-0.25, -0.2) is 17.9 Å². The van der Waals surface area contributed by atoms with E-state index >= 15 is 0 Å². The highest BCUT2D eigenvalue weighted by molar-refractivity contribution is 7.89. The molecule has 0 saturated heterocycles. The van der Waals surface area contributed by atoms with Crippen LogP contribution in [0.15, 0.2) is 29.2 Å². The summed E-state index contributed by atoms with van der Waals surface area (Å²) in [5.74, 6) is -0.567. The summed E-state index contributed by atoms with van der Waals surface area (Å²) in [5, 5.41) is 2.83. The van der Waals surface area contributed by atoms with Gasteiger partial charge in [-0.05, 0) is 25.2 Å². The van der Waals surface area contributed by atoms with Gasteiger partial charge in [-0.3, -0.25) is 0 Å². The zero-order valence-electron chi connectivity index (χ0n) is 10.3. The average Bonchev–Trinajstić information content (AvgIpc) is 2.38. The largest absolute Gasteiger partial charge is 0.465 e. The fraction of sp³-hybridized carbons (Fsp3) is 0.364. The Morgan fingerprint density at radius 2 is 2.06 bits per heavy atom. The van der Waals surface area contributed by atoms with Crippen LogP contribution in [-0.2, 0) is 14.8 Å². The fourth-order valence-corrected chi connectivity index (χ4v) is 2.38. The summed E-state index contributed by atoms with van der Waals surface area (Å²) in [6, 6.07) is 5.71. The quantitative estimate of drug-likeness (QED) is 0.561. The number of carbonyl (C=O) groups excluding carboxylic acids is 1. The van der Waals surface area contributed by atoms with E-state index in [0.29, 0.717) is 6.54 Å². The van der Waals surface area contributed by atoms with Crippen LogP contribution in [0.2, 0.25) is 0 Å². The average molecular weight is 272 g/mol. The minimum atomic E-state index is -3.59. The first-order valence-electron chi connectivity index (χ1n) is 5.34. The van der Waals surface area contributed by atoms with Crippen molar-refractivity contribution in [1.82, 2.24) is 10.0 Å². The summed E-state index contributed by atoms with van der Waals surface area (Å²) in [7, 11) is -0.621. The van der Waals surface area contributed by atoms with Crippen LogP contribution in [0.1, 0.15) is 10.4 Å². The predicted octanol–water partition coefficient (Wildman–Crippen LogP) is -0.0291. The number of rotatable bonds is 6. The second-order valence-electron chi connectivity index (χ2n) is 3.52. The number of likely N-dealkylation sites (N-methyl/N-ethyl adjacent to an activating group) is 1. The van der Waals surface area contributed by atoms with Crippen LogP contribution in [0.5, 0.6) is 0 Å². The smallest absolute Gasteiger partial charge is 0.337 e. The van der Waals surface area contributed by atoms with Crippen LogP contribution < -0.4 is 10.0 Å².